The Morgan fingerprint density at radius 2 is 1.81 bits per heavy atom. The van der Waals surface area contributed by atoms with Crippen molar-refractivity contribution in [3.8, 4) is 5.75 Å². The Morgan fingerprint density at radius 1 is 1.14 bits per heavy atom. The Hall–Kier alpha value is -2.07. The summed E-state index contributed by atoms with van der Waals surface area (Å²) in [4.78, 5) is 2.02. The number of halogens is 1. The molecule has 1 atom stereocenters. The van der Waals surface area contributed by atoms with Crippen molar-refractivity contribution >= 4 is 5.69 Å². The van der Waals surface area contributed by atoms with Crippen LogP contribution in [0.5, 0.6) is 5.75 Å². The van der Waals surface area contributed by atoms with Gasteiger partial charge < -0.3 is 15.4 Å². The normalized spacial score (nSPS) is 12.0. The standard InChI is InChI=1S/C17H21FN2O/c1-20(2)14-9-7-12(8-10-14)15(19)11-13-5-4-6-16(21-3)17(13)18/h4-10,15H,11,19H2,1-3H3. The van der Waals surface area contributed by atoms with Crippen LogP contribution in [0, 0.1) is 5.82 Å². The summed E-state index contributed by atoms with van der Waals surface area (Å²) < 4.78 is 19.1. The summed E-state index contributed by atoms with van der Waals surface area (Å²) in [5, 5.41) is 0. The molecule has 112 valence electrons. The molecule has 1 unspecified atom stereocenters. The lowest BCUT2D eigenvalue weighted by molar-refractivity contribution is 0.383. The quantitative estimate of drug-likeness (QED) is 0.918. The van der Waals surface area contributed by atoms with E-state index in [-0.39, 0.29) is 17.6 Å². The fourth-order valence-corrected chi connectivity index (χ4v) is 2.25. The van der Waals surface area contributed by atoms with Crippen molar-refractivity contribution in [2.75, 3.05) is 26.1 Å². The van der Waals surface area contributed by atoms with E-state index >= 15 is 0 Å². The lowest BCUT2D eigenvalue weighted by Gasteiger charge is -2.16. The predicted molar refractivity (Wildman–Crippen MR) is 84.4 cm³/mol. The second-order valence-electron chi connectivity index (χ2n) is 5.23. The van der Waals surface area contributed by atoms with Crippen LogP contribution in [-0.2, 0) is 6.42 Å². The van der Waals surface area contributed by atoms with Crippen molar-refractivity contribution in [2.45, 2.75) is 12.5 Å². The van der Waals surface area contributed by atoms with Crippen molar-refractivity contribution in [1.82, 2.24) is 0 Å². The van der Waals surface area contributed by atoms with Crippen LogP contribution >= 0.6 is 0 Å². The molecule has 0 aliphatic heterocycles. The molecule has 0 heterocycles. The fraction of sp³-hybridized carbons (Fsp3) is 0.294. The molecule has 0 amide bonds. The summed E-state index contributed by atoms with van der Waals surface area (Å²) in [7, 11) is 5.43. The van der Waals surface area contributed by atoms with Gasteiger partial charge in [0.25, 0.3) is 0 Å². The maximum absolute atomic E-state index is 14.1. The van der Waals surface area contributed by atoms with E-state index in [4.69, 9.17) is 10.5 Å². The SMILES string of the molecule is COc1cccc(CC(N)c2ccc(N(C)C)cc2)c1F. The highest BCUT2D eigenvalue weighted by molar-refractivity contribution is 5.46. The van der Waals surface area contributed by atoms with Gasteiger partial charge in [0.15, 0.2) is 11.6 Å². The Bertz CT molecular complexity index is 596. The number of rotatable bonds is 5. The zero-order chi connectivity index (χ0) is 15.4. The van der Waals surface area contributed by atoms with Crippen LogP contribution in [0.1, 0.15) is 17.2 Å². The van der Waals surface area contributed by atoms with Gasteiger partial charge in [0.1, 0.15) is 0 Å². The summed E-state index contributed by atoms with van der Waals surface area (Å²) in [6.45, 7) is 0. The average Bonchev–Trinajstić information content (AvgIpc) is 2.49. The van der Waals surface area contributed by atoms with Gasteiger partial charge in [0.2, 0.25) is 0 Å². The van der Waals surface area contributed by atoms with E-state index in [0.29, 0.717) is 12.0 Å². The summed E-state index contributed by atoms with van der Waals surface area (Å²) in [6.07, 6.45) is 0.435. The molecule has 0 aliphatic carbocycles. The van der Waals surface area contributed by atoms with Gasteiger partial charge in [0.05, 0.1) is 7.11 Å². The second kappa shape index (κ2) is 6.59. The lowest BCUT2D eigenvalue weighted by Crippen LogP contribution is -2.15. The molecule has 0 saturated heterocycles. The molecule has 2 rings (SSSR count). The van der Waals surface area contributed by atoms with Crippen molar-refractivity contribution in [3.63, 3.8) is 0 Å². The van der Waals surface area contributed by atoms with Gasteiger partial charge in [-0.05, 0) is 35.7 Å². The number of ether oxygens (including phenoxy) is 1. The number of hydrogen-bond donors (Lipinski definition) is 1. The highest BCUT2D eigenvalue weighted by Crippen LogP contribution is 2.25. The van der Waals surface area contributed by atoms with Gasteiger partial charge in [0, 0.05) is 25.8 Å². The summed E-state index contributed by atoms with van der Waals surface area (Å²) >= 11 is 0. The monoisotopic (exact) mass is 288 g/mol. The topological polar surface area (TPSA) is 38.5 Å². The number of hydrogen-bond acceptors (Lipinski definition) is 3. The Labute approximate surface area is 125 Å². The third kappa shape index (κ3) is 3.52. The van der Waals surface area contributed by atoms with Crippen molar-refractivity contribution < 1.29 is 9.13 Å². The van der Waals surface area contributed by atoms with Gasteiger partial charge in [-0.15, -0.1) is 0 Å². The number of anilines is 1. The molecule has 3 nitrogen and oxygen atoms in total. The Morgan fingerprint density at radius 3 is 2.38 bits per heavy atom. The maximum Gasteiger partial charge on any atom is 0.168 e. The van der Waals surface area contributed by atoms with E-state index in [9.17, 15) is 4.39 Å². The summed E-state index contributed by atoms with van der Waals surface area (Å²) in [5.41, 5.74) is 8.86. The molecule has 21 heavy (non-hydrogen) atoms. The Balaban J connectivity index is 2.16. The summed E-state index contributed by atoms with van der Waals surface area (Å²) in [6, 6.07) is 12.9. The first kappa shape index (κ1) is 15.3. The zero-order valence-electron chi connectivity index (χ0n) is 12.6. The first-order valence-corrected chi connectivity index (χ1v) is 6.87. The van der Waals surface area contributed by atoms with Crippen molar-refractivity contribution in [3.05, 3.63) is 59.4 Å². The molecule has 0 saturated carbocycles. The van der Waals surface area contributed by atoms with Crippen LogP contribution in [0.25, 0.3) is 0 Å². The smallest absolute Gasteiger partial charge is 0.168 e. The third-order valence-corrected chi connectivity index (χ3v) is 3.54. The highest BCUT2D eigenvalue weighted by Gasteiger charge is 2.13. The first-order valence-electron chi connectivity index (χ1n) is 6.87. The number of nitrogens with two attached hydrogens (primary N) is 1. The third-order valence-electron chi connectivity index (χ3n) is 3.54. The molecule has 2 aromatic carbocycles. The minimum atomic E-state index is -0.333. The van der Waals surface area contributed by atoms with Crippen LogP contribution in [0.4, 0.5) is 10.1 Å². The van der Waals surface area contributed by atoms with E-state index < -0.39 is 0 Å². The van der Waals surface area contributed by atoms with Gasteiger partial charge in [-0.25, -0.2) is 4.39 Å². The van der Waals surface area contributed by atoms with Crippen molar-refractivity contribution in [1.29, 1.82) is 0 Å². The van der Waals surface area contributed by atoms with E-state index in [2.05, 4.69) is 0 Å². The number of nitrogens with zero attached hydrogens (tertiary/aromatic N) is 1. The van der Waals surface area contributed by atoms with Gasteiger partial charge in [-0.1, -0.05) is 24.3 Å². The highest BCUT2D eigenvalue weighted by atomic mass is 19.1. The van der Waals surface area contributed by atoms with E-state index in [1.54, 1.807) is 18.2 Å². The average molecular weight is 288 g/mol. The molecular formula is C17H21FN2O. The predicted octanol–water partition coefficient (Wildman–Crippen LogP) is 3.14. The van der Waals surface area contributed by atoms with Crippen LogP contribution < -0.4 is 15.4 Å². The summed E-state index contributed by atoms with van der Waals surface area (Å²) in [5.74, 6) is -0.0805. The van der Waals surface area contributed by atoms with Gasteiger partial charge >= 0.3 is 0 Å². The molecule has 0 fully saturated rings. The minimum absolute atomic E-state index is 0.247. The number of benzene rings is 2. The largest absolute Gasteiger partial charge is 0.494 e. The van der Waals surface area contributed by atoms with Crippen LogP contribution in [0.15, 0.2) is 42.5 Å². The van der Waals surface area contributed by atoms with Crippen LogP contribution in [0.2, 0.25) is 0 Å². The lowest BCUT2D eigenvalue weighted by atomic mass is 9.99. The molecule has 0 aromatic heterocycles. The second-order valence-corrected chi connectivity index (χ2v) is 5.23. The molecule has 0 aliphatic rings. The Kier molecular flexibility index (Phi) is 4.81. The maximum atomic E-state index is 14.1. The minimum Gasteiger partial charge on any atom is -0.494 e. The first-order chi connectivity index (χ1) is 10.0. The molecular weight excluding hydrogens is 267 g/mol. The van der Waals surface area contributed by atoms with Crippen molar-refractivity contribution in [2.24, 2.45) is 5.73 Å². The molecule has 2 aromatic rings. The molecule has 2 N–H and O–H groups in total. The van der Waals surface area contributed by atoms with E-state index in [1.807, 2.05) is 43.3 Å². The van der Waals surface area contributed by atoms with Gasteiger partial charge in [-0.3, -0.25) is 0 Å². The van der Waals surface area contributed by atoms with E-state index in [0.717, 1.165) is 11.3 Å². The van der Waals surface area contributed by atoms with E-state index in [1.165, 1.54) is 7.11 Å². The van der Waals surface area contributed by atoms with Crippen LogP contribution in [-0.4, -0.2) is 21.2 Å². The molecule has 4 heteroatoms. The molecule has 0 bridgehead atoms. The zero-order valence-corrected chi connectivity index (χ0v) is 12.6. The van der Waals surface area contributed by atoms with Crippen LogP contribution in [0.3, 0.4) is 0 Å². The molecule has 0 spiro atoms. The molecule has 0 radical (unpaired) electrons. The van der Waals surface area contributed by atoms with Gasteiger partial charge in [-0.2, -0.15) is 0 Å². The number of methoxy groups -OCH3 is 1. The fourth-order valence-electron chi connectivity index (χ4n) is 2.25.